The van der Waals surface area contributed by atoms with Crippen molar-refractivity contribution in [3.63, 3.8) is 0 Å². The molecule has 0 aliphatic heterocycles. The number of amides is 1. The molecule has 0 bridgehead atoms. The zero-order valence-electron chi connectivity index (χ0n) is 15.0. The molecule has 1 N–H and O–H groups in total. The van der Waals surface area contributed by atoms with E-state index in [1.54, 1.807) is 11.8 Å². The number of thioether (sulfide) groups is 1. The molecule has 1 fully saturated rings. The Labute approximate surface area is 160 Å². The topological polar surface area (TPSA) is 55.4 Å². The Bertz CT molecular complexity index is 697. The number of halogens is 3. The summed E-state index contributed by atoms with van der Waals surface area (Å²) < 4.78 is 43.7. The molecule has 2 rings (SSSR count). The van der Waals surface area contributed by atoms with Gasteiger partial charge in [-0.3, -0.25) is 9.59 Å². The molecule has 1 aliphatic carbocycles. The standard InChI is InChI=1S/C19H22F3NO3S/c1-13(17(25)23-10-11-27-2)12-16(24)26-18(8-3-9-18)14-4-6-15(7-5-14)19(20,21)22/h4-7H,1,3,8-12H2,2H3,(H,23,25). The lowest BCUT2D eigenvalue weighted by Crippen LogP contribution is -2.39. The van der Waals surface area contributed by atoms with Gasteiger partial charge in [-0.25, -0.2) is 0 Å². The number of hydrogen-bond donors (Lipinski definition) is 1. The van der Waals surface area contributed by atoms with Crippen LogP contribution in [0.25, 0.3) is 0 Å². The van der Waals surface area contributed by atoms with Gasteiger partial charge in [0.15, 0.2) is 0 Å². The summed E-state index contributed by atoms with van der Waals surface area (Å²) in [6.45, 7) is 4.09. The smallest absolute Gasteiger partial charge is 0.416 e. The fourth-order valence-electron chi connectivity index (χ4n) is 2.81. The van der Waals surface area contributed by atoms with Gasteiger partial charge in [-0.1, -0.05) is 18.7 Å². The number of nitrogens with one attached hydrogen (secondary N) is 1. The number of ether oxygens (including phenoxy) is 1. The number of benzene rings is 1. The van der Waals surface area contributed by atoms with Crippen molar-refractivity contribution in [1.29, 1.82) is 0 Å². The molecular formula is C19H22F3NO3S. The third-order valence-electron chi connectivity index (χ3n) is 4.48. The highest BCUT2D eigenvalue weighted by Crippen LogP contribution is 2.45. The Morgan fingerprint density at radius 2 is 1.89 bits per heavy atom. The molecule has 1 amide bonds. The van der Waals surface area contributed by atoms with E-state index in [1.807, 2.05) is 6.26 Å². The number of esters is 1. The van der Waals surface area contributed by atoms with Gasteiger partial charge < -0.3 is 10.1 Å². The summed E-state index contributed by atoms with van der Waals surface area (Å²) in [7, 11) is 0. The SMILES string of the molecule is C=C(CC(=O)OC1(c2ccc(C(F)(F)F)cc2)CCC1)C(=O)NCCSC. The van der Waals surface area contributed by atoms with Crippen molar-refractivity contribution in [1.82, 2.24) is 5.32 Å². The number of rotatable bonds is 8. The van der Waals surface area contributed by atoms with Crippen molar-refractivity contribution in [2.45, 2.75) is 37.5 Å². The molecule has 4 nitrogen and oxygen atoms in total. The lowest BCUT2D eigenvalue weighted by atomic mass is 9.74. The maximum atomic E-state index is 12.7. The van der Waals surface area contributed by atoms with E-state index < -0.39 is 29.2 Å². The van der Waals surface area contributed by atoms with E-state index in [-0.39, 0.29) is 12.0 Å². The molecule has 0 radical (unpaired) electrons. The minimum Gasteiger partial charge on any atom is -0.454 e. The Balaban J connectivity index is 1.98. The van der Waals surface area contributed by atoms with Gasteiger partial charge in [-0.15, -0.1) is 0 Å². The number of carbonyl (C=O) groups is 2. The minimum absolute atomic E-state index is 0.1000. The summed E-state index contributed by atoms with van der Waals surface area (Å²) >= 11 is 1.58. The highest BCUT2D eigenvalue weighted by molar-refractivity contribution is 7.98. The first kappa shape index (κ1) is 21.3. The molecule has 1 saturated carbocycles. The zero-order chi connectivity index (χ0) is 20.1. The van der Waals surface area contributed by atoms with Gasteiger partial charge in [0.1, 0.15) is 5.60 Å². The van der Waals surface area contributed by atoms with Crippen molar-refractivity contribution in [2.75, 3.05) is 18.6 Å². The van der Waals surface area contributed by atoms with Crippen molar-refractivity contribution >= 4 is 23.6 Å². The third kappa shape index (κ3) is 5.51. The van der Waals surface area contributed by atoms with Crippen LogP contribution in [0.4, 0.5) is 13.2 Å². The summed E-state index contributed by atoms with van der Waals surface area (Å²) in [5.74, 6) is -0.265. The van der Waals surface area contributed by atoms with Crippen LogP contribution in [0, 0.1) is 0 Å². The molecule has 0 atom stereocenters. The second-order valence-corrected chi connectivity index (χ2v) is 7.41. The van der Waals surface area contributed by atoms with Crippen LogP contribution in [0.2, 0.25) is 0 Å². The maximum Gasteiger partial charge on any atom is 0.416 e. The Morgan fingerprint density at radius 1 is 1.26 bits per heavy atom. The van der Waals surface area contributed by atoms with Crippen LogP contribution in [0.3, 0.4) is 0 Å². The molecule has 1 aromatic rings. The lowest BCUT2D eigenvalue weighted by Gasteiger charge is -2.41. The fraction of sp³-hybridized carbons (Fsp3) is 0.474. The van der Waals surface area contributed by atoms with Crippen LogP contribution in [-0.2, 0) is 26.1 Å². The van der Waals surface area contributed by atoms with E-state index in [0.29, 0.717) is 24.9 Å². The summed E-state index contributed by atoms with van der Waals surface area (Å²) in [4.78, 5) is 24.1. The normalized spacial score (nSPS) is 15.6. The van der Waals surface area contributed by atoms with Crippen LogP contribution in [-0.4, -0.2) is 30.4 Å². The van der Waals surface area contributed by atoms with E-state index in [1.165, 1.54) is 12.1 Å². The van der Waals surface area contributed by atoms with Gasteiger partial charge in [0.05, 0.1) is 12.0 Å². The first-order valence-electron chi connectivity index (χ1n) is 8.52. The Morgan fingerprint density at radius 3 is 2.37 bits per heavy atom. The van der Waals surface area contributed by atoms with Crippen LogP contribution in [0.15, 0.2) is 36.4 Å². The predicted octanol–water partition coefficient (Wildman–Crippen LogP) is 4.05. The van der Waals surface area contributed by atoms with Crippen LogP contribution < -0.4 is 5.32 Å². The molecule has 0 unspecified atom stereocenters. The molecule has 27 heavy (non-hydrogen) atoms. The minimum atomic E-state index is -4.41. The van der Waals surface area contributed by atoms with E-state index in [2.05, 4.69) is 11.9 Å². The van der Waals surface area contributed by atoms with E-state index in [0.717, 1.165) is 24.3 Å². The molecule has 148 valence electrons. The number of carbonyl (C=O) groups excluding carboxylic acids is 2. The average molecular weight is 401 g/mol. The molecular weight excluding hydrogens is 379 g/mol. The van der Waals surface area contributed by atoms with E-state index in [4.69, 9.17) is 4.74 Å². The quantitative estimate of drug-likeness (QED) is 0.406. The van der Waals surface area contributed by atoms with Crippen LogP contribution >= 0.6 is 11.8 Å². The van der Waals surface area contributed by atoms with Gasteiger partial charge in [-0.05, 0) is 43.2 Å². The summed E-state index contributed by atoms with van der Waals surface area (Å²) in [5.41, 5.74) is -1.04. The molecule has 0 heterocycles. The van der Waals surface area contributed by atoms with Gasteiger partial charge >= 0.3 is 12.1 Å². The molecule has 0 aromatic heterocycles. The largest absolute Gasteiger partial charge is 0.454 e. The Hall–Kier alpha value is -1.96. The van der Waals surface area contributed by atoms with Gasteiger partial charge in [0, 0.05) is 17.9 Å². The Kier molecular flexibility index (Phi) is 6.97. The summed E-state index contributed by atoms with van der Waals surface area (Å²) in [6.07, 6.45) is -0.869. The predicted molar refractivity (Wildman–Crippen MR) is 98.2 cm³/mol. The third-order valence-corrected chi connectivity index (χ3v) is 5.09. The van der Waals surface area contributed by atoms with Crippen molar-refractivity contribution in [2.24, 2.45) is 0 Å². The van der Waals surface area contributed by atoms with Crippen molar-refractivity contribution in [3.05, 3.63) is 47.5 Å². The van der Waals surface area contributed by atoms with Gasteiger partial charge in [0.2, 0.25) is 5.91 Å². The van der Waals surface area contributed by atoms with E-state index in [9.17, 15) is 22.8 Å². The van der Waals surface area contributed by atoms with Gasteiger partial charge in [0.25, 0.3) is 0 Å². The first-order valence-corrected chi connectivity index (χ1v) is 9.92. The summed E-state index contributed by atoms with van der Waals surface area (Å²) in [6, 6.07) is 4.67. The van der Waals surface area contributed by atoms with Crippen molar-refractivity contribution in [3.8, 4) is 0 Å². The van der Waals surface area contributed by atoms with E-state index >= 15 is 0 Å². The highest BCUT2D eigenvalue weighted by atomic mass is 32.2. The highest BCUT2D eigenvalue weighted by Gasteiger charge is 2.43. The fourth-order valence-corrected chi connectivity index (χ4v) is 3.12. The second-order valence-electron chi connectivity index (χ2n) is 6.43. The van der Waals surface area contributed by atoms with Crippen LogP contribution in [0.1, 0.15) is 36.8 Å². The number of alkyl halides is 3. The number of hydrogen-bond acceptors (Lipinski definition) is 4. The first-order chi connectivity index (χ1) is 12.7. The van der Waals surface area contributed by atoms with Crippen LogP contribution in [0.5, 0.6) is 0 Å². The summed E-state index contributed by atoms with van der Waals surface area (Å²) in [5, 5.41) is 2.66. The maximum absolute atomic E-state index is 12.7. The van der Waals surface area contributed by atoms with Gasteiger partial charge in [-0.2, -0.15) is 24.9 Å². The van der Waals surface area contributed by atoms with Crippen molar-refractivity contribution < 1.29 is 27.5 Å². The molecule has 0 saturated heterocycles. The molecule has 1 aliphatic rings. The second kappa shape index (κ2) is 8.82. The average Bonchev–Trinajstić information content (AvgIpc) is 2.57. The molecule has 8 heteroatoms. The molecule has 1 aromatic carbocycles. The zero-order valence-corrected chi connectivity index (χ0v) is 15.8. The molecule has 0 spiro atoms. The lowest BCUT2D eigenvalue weighted by molar-refractivity contribution is -0.171. The monoisotopic (exact) mass is 401 g/mol.